The van der Waals surface area contributed by atoms with Gasteiger partial charge in [0, 0.05) is 11.4 Å². The molecule has 0 saturated heterocycles. The maximum absolute atomic E-state index is 12.8. The minimum Gasteiger partial charge on any atom is -0.496 e. The molecule has 0 spiro atoms. The Morgan fingerprint density at radius 3 is 2.31 bits per heavy atom. The van der Waals surface area contributed by atoms with Crippen LogP contribution in [0.2, 0.25) is 5.02 Å². The summed E-state index contributed by atoms with van der Waals surface area (Å²) in [5.74, 6) is -0.0157. The molecule has 2 amide bonds. The lowest BCUT2D eigenvalue weighted by molar-refractivity contribution is -0.139. The molecule has 1 N–H and O–H groups in total. The van der Waals surface area contributed by atoms with Crippen molar-refractivity contribution in [2.24, 2.45) is 0 Å². The van der Waals surface area contributed by atoms with Gasteiger partial charge in [-0.1, -0.05) is 35.9 Å². The van der Waals surface area contributed by atoms with Gasteiger partial charge in [0.05, 0.1) is 18.2 Å². The highest BCUT2D eigenvalue weighted by Crippen LogP contribution is 2.20. The fourth-order valence-corrected chi connectivity index (χ4v) is 3.09. The zero-order chi connectivity index (χ0) is 21.4. The van der Waals surface area contributed by atoms with Crippen LogP contribution in [0.1, 0.15) is 56.0 Å². The molecule has 0 radical (unpaired) electrons. The molecule has 0 aliphatic rings. The number of methoxy groups -OCH3 is 1. The van der Waals surface area contributed by atoms with Crippen LogP contribution in [0.3, 0.4) is 0 Å². The molecule has 2 aromatic carbocycles. The van der Waals surface area contributed by atoms with Crippen LogP contribution in [0.5, 0.6) is 5.75 Å². The Balaban J connectivity index is 1.95. The van der Waals surface area contributed by atoms with Crippen molar-refractivity contribution in [2.45, 2.75) is 52.0 Å². The Labute approximate surface area is 178 Å². The fourth-order valence-electron chi connectivity index (χ4n) is 2.97. The van der Waals surface area contributed by atoms with E-state index >= 15 is 0 Å². The number of rotatable bonds is 7. The number of aryl methyl sites for hydroxylation is 1. The smallest absolute Gasteiger partial charge is 0.273 e. The molecule has 156 valence electrons. The van der Waals surface area contributed by atoms with Crippen LogP contribution < -0.4 is 10.2 Å². The Kier molecular flexibility index (Phi) is 8.09. The second-order valence-electron chi connectivity index (χ2n) is 7.87. The van der Waals surface area contributed by atoms with Crippen LogP contribution in [-0.4, -0.2) is 29.5 Å². The summed E-state index contributed by atoms with van der Waals surface area (Å²) in [4.78, 5) is 25.6. The summed E-state index contributed by atoms with van der Waals surface area (Å²) in [7, 11) is 1.51. The predicted molar refractivity (Wildman–Crippen MR) is 116 cm³/mol. The van der Waals surface area contributed by atoms with Crippen LogP contribution in [0.25, 0.3) is 0 Å². The lowest BCUT2D eigenvalue weighted by Gasteiger charge is -2.35. The highest BCUT2D eigenvalue weighted by Gasteiger charge is 2.28. The van der Waals surface area contributed by atoms with E-state index in [4.69, 9.17) is 16.3 Å². The van der Waals surface area contributed by atoms with Gasteiger partial charge in [0.15, 0.2) is 0 Å². The molecule has 0 fully saturated rings. The van der Waals surface area contributed by atoms with E-state index in [1.165, 1.54) is 17.7 Å². The number of ether oxygens (including phenoxy) is 1. The lowest BCUT2D eigenvalue weighted by Crippen LogP contribution is -2.55. The van der Waals surface area contributed by atoms with Crippen molar-refractivity contribution in [1.29, 1.82) is 0 Å². The molecule has 29 heavy (non-hydrogen) atoms. The Morgan fingerprint density at radius 2 is 1.69 bits per heavy atom. The number of carbonyl (C=O) groups is 2. The fraction of sp³-hybridized carbons (Fsp3) is 0.391. The van der Waals surface area contributed by atoms with Crippen molar-refractivity contribution in [3.63, 3.8) is 0 Å². The van der Waals surface area contributed by atoms with Crippen LogP contribution in [0, 0.1) is 0 Å². The first-order valence-corrected chi connectivity index (χ1v) is 10.1. The first-order valence-electron chi connectivity index (χ1n) is 9.74. The van der Waals surface area contributed by atoms with E-state index in [0.29, 0.717) is 17.7 Å². The number of nitrogens with one attached hydrogen (secondary N) is 1. The average Bonchev–Trinajstić information content (AvgIpc) is 2.69. The largest absolute Gasteiger partial charge is 0.496 e. The molecule has 0 bridgehead atoms. The maximum Gasteiger partial charge on any atom is 0.273 e. The Bertz CT molecular complexity index is 829. The third-order valence-corrected chi connectivity index (χ3v) is 4.76. The number of hydrazine groups is 1. The quantitative estimate of drug-likeness (QED) is 0.508. The molecular weight excluding hydrogens is 388 g/mol. The number of hydrogen-bond acceptors (Lipinski definition) is 3. The van der Waals surface area contributed by atoms with Gasteiger partial charge in [0.1, 0.15) is 5.75 Å². The maximum atomic E-state index is 12.8. The lowest BCUT2D eigenvalue weighted by atomic mass is 10.0. The third-order valence-electron chi connectivity index (χ3n) is 4.50. The van der Waals surface area contributed by atoms with E-state index in [1.54, 1.807) is 24.3 Å². The number of carbonyl (C=O) groups excluding carboxylic acids is 2. The number of nitrogens with zero attached hydrogens (tertiary/aromatic N) is 1. The topological polar surface area (TPSA) is 58.6 Å². The van der Waals surface area contributed by atoms with Gasteiger partial charge >= 0.3 is 0 Å². The number of para-hydroxylation sites is 1. The Morgan fingerprint density at radius 1 is 1.03 bits per heavy atom. The van der Waals surface area contributed by atoms with Gasteiger partial charge in [-0.15, -0.1) is 0 Å². The number of hydrogen-bond donors (Lipinski definition) is 1. The van der Waals surface area contributed by atoms with Gasteiger partial charge in [-0.25, -0.2) is 5.01 Å². The molecular formula is C23H29ClN2O3. The molecule has 5 nitrogen and oxygen atoms in total. The minimum absolute atomic E-state index is 0.114. The summed E-state index contributed by atoms with van der Waals surface area (Å²) >= 11 is 5.90. The minimum atomic E-state index is -0.551. The molecule has 2 rings (SSSR count). The normalized spacial score (nSPS) is 11.1. The average molecular weight is 417 g/mol. The van der Waals surface area contributed by atoms with E-state index in [1.807, 2.05) is 45.0 Å². The number of halogens is 1. The van der Waals surface area contributed by atoms with Gasteiger partial charge < -0.3 is 4.74 Å². The summed E-state index contributed by atoms with van der Waals surface area (Å²) < 4.78 is 5.25. The van der Waals surface area contributed by atoms with Crippen molar-refractivity contribution < 1.29 is 14.3 Å². The van der Waals surface area contributed by atoms with E-state index in [9.17, 15) is 9.59 Å². The monoisotopic (exact) mass is 416 g/mol. The molecule has 0 atom stereocenters. The molecule has 2 aromatic rings. The van der Waals surface area contributed by atoms with E-state index < -0.39 is 5.54 Å². The molecule has 0 saturated carbocycles. The van der Waals surface area contributed by atoms with Gasteiger partial charge in [-0.05, 0) is 69.9 Å². The predicted octanol–water partition coefficient (Wildman–Crippen LogP) is 5.03. The van der Waals surface area contributed by atoms with E-state index in [-0.39, 0.29) is 11.8 Å². The van der Waals surface area contributed by atoms with E-state index in [0.717, 1.165) is 24.3 Å². The number of amides is 2. The first-order chi connectivity index (χ1) is 13.7. The molecule has 0 aliphatic carbocycles. The summed E-state index contributed by atoms with van der Waals surface area (Å²) in [6, 6.07) is 14.7. The molecule has 6 heteroatoms. The number of unbranched alkanes of at least 4 members (excludes halogenated alkanes) is 1. The van der Waals surface area contributed by atoms with Gasteiger partial charge in [0.2, 0.25) is 5.91 Å². The zero-order valence-corrected chi connectivity index (χ0v) is 18.3. The highest BCUT2D eigenvalue weighted by atomic mass is 35.5. The second kappa shape index (κ2) is 10.3. The highest BCUT2D eigenvalue weighted by molar-refractivity contribution is 6.30. The molecule has 0 aliphatic heterocycles. The summed E-state index contributed by atoms with van der Waals surface area (Å²) in [5.41, 5.74) is 3.79. The van der Waals surface area contributed by atoms with E-state index in [2.05, 4.69) is 5.43 Å². The second-order valence-corrected chi connectivity index (χ2v) is 8.31. The van der Waals surface area contributed by atoms with Crippen LogP contribution in [-0.2, 0) is 11.2 Å². The summed E-state index contributed by atoms with van der Waals surface area (Å²) in [6.07, 6.45) is 2.86. The zero-order valence-electron chi connectivity index (χ0n) is 17.5. The summed E-state index contributed by atoms with van der Waals surface area (Å²) in [5, 5.41) is 2.14. The SMILES string of the molecule is COc1ccccc1C(=O)NN(C(=O)CCCCc1ccc(Cl)cc1)C(C)(C)C. The van der Waals surface area contributed by atoms with Gasteiger partial charge in [0.25, 0.3) is 5.91 Å². The number of benzene rings is 2. The van der Waals surface area contributed by atoms with Crippen LogP contribution in [0.4, 0.5) is 0 Å². The van der Waals surface area contributed by atoms with Crippen molar-refractivity contribution in [1.82, 2.24) is 10.4 Å². The van der Waals surface area contributed by atoms with Gasteiger partial charge in [-0.2, -0.15) is 0 Å². The van der Waals surface area contributed by atoms with Crippen LogP contribution >= 0.6 is 11.6 Å². The molecule has 0 aromatic heterocycles. The standard InChI is InChI=1S/C23H29ClN2O3/c1-23(2,3)26(25-22(28)19-10-6-7-11-20(19)29-4)21(27)12-8-5-9-17-13-15-18(24)16-14-17/h6-7,10-11,13-16H,5,8-9,12H2,1-4H3,(H,25,28). The third kappa shape index (κ3) is 6.79. The van der Waals surface area contributed by atoms with Crippen molar-refractivity contribution in [3.8, 4) is 5.75 Å². The molecule has 0 heterocycles. The van der Waals surface area contributed by atoms with Crippen molar-refractivity contribution >= 4 is 23.4 Å². The first kappa shape index (κ1) is 22.8. The van der Waals surface area contributed by atoms with Gasteiger partial charge in [-0.3, -0.25) is 15.0 Å². The molecule has 0 unspecified atom stereocenters. The van der Waals surface area contributed by atoms with Crippen molar-refractivity contribution in [3.05, 3.63) is 64.7 Å². The van der Waals surface area contributed by atoms with Crippen molar-refractivity contribution in [2.75, 3.05) is 7.11 Å². The Hall–Kier alpha value is -2.53. The van der Waals surface area contributed by atoms with Crippen LogP contribution in [0.15, 0.2) is 48.5 Å². The summed E-state index contributed by atoms with van der Waals surface area (Å²) in [6.45, 7) is 5.67.